The van der Waals surface area contributed by atoms with Crippen LogP contribution in [0, 0.1) is 0 Å². The van der Waals surface area contributed by atoms with Gasteiger partial charge in [-0.2, -0.15) is 0 Å². The third-order valence-corrected chi connectivity index (χ3v) is 5.84. The average molecular weight is 503 g/mol. The van der Waals surface area contributed by atoms with E-state index in [-0.39, 0.29) is 13.2 Å². The first kappa shape index (κ1) is 27.4. The molecule has 0 bridgehead atoms. The number of carbonyl (C=O) groups excluding carboxylic acids is 2. The molecule has 0 saturated carbocycles. The Hall–Kier alpha value is -3.18. The predicted molar refractivity (Wildman–Crippen MR) is 131 cm³/mol. The van der Waals surface area contributed by atoms with Crippen LogP contribution < -0.4 is 9.47 Å². The second kappa shape index (κ2) is 13.8. The summed E-state index contributed by atoms with van der Waals surface area (Å²) in [4.78, 5) is 27.3. The van der Waals surface area contributed by atoms with E-state index >= 15 is 0 Å². The molecule has 1 aliphatic heterocycles. The number of hydrogen-bond donors (Lipinski definition) is 2. The SMILES string of the molecule is COC(=O)c1ccc(OC[C@@H](O)CN2CCN(C[C@H](O)COc3ccc(C(=O)OC)cc3)CC2)cc1. The number of benzene rings is 2. The maximum absolute atomic E-state index is 11.5. The predicted octanol–water partition coefficient (Wildman–Crippen LogP) is 1.06. The maximum atomic E-state index is 11.5. The number of aliphatic hydroxyl groups is 2. The van der Waals surface area contributed by atoms with Crippen molar-refractivity contribution in [2.24, 2.45) is 0 Å². The van der Waals surface area contributed by atoms with Gasteiger partial charge in [0.05, 0.1) is 25.3 Å². The van der Waals surface area contributed by atoms with E-state index in [0.29, 0.717) is 35.7 Å². The Bertz CT molecular complexity index is 879. The zero-order valence-corrected chi connectivity index (χ0v) is 20.7. The number of carbonyl (C=O) groups is 2. The minimum Gasteiger partial charge on any atom is -0.491 e. The van der Waals surface area contributed by atoms with Crippen molar-refractivity contribution in [3.05, 3.63) is 59.7 Å². The largest absolute Gasteiger partial charge is 0.491 e. The Labute approximate surface area is 210 Å². The Balaban J connectivity index is 1.31. The fraction of sp³-hybridized carbons (Fsp3) is 0.462. The molecule has 2 aromatic rings. The van der Waals surface area contributed by atoms with Gasteiger partial charge in [-0.3, -0.25) is 9.80 Å². The van der Waals surface area contributed by atoms with Gasteiger partial charge in [0.25, 0.3) is 0 Å². The molecule has 36 heavy (non-hydrogen) atoms. The van der Waals surface area contributed by atoms with Gasteiger partial charge in [0, 0.05) is 39.3 Å². The molecule has 2 atom stereocenters. The molecule has 1 saturated heterocycles. The lowest BCUT2D eigenvalue weighted by Gasteiger charge is -2.36. The highest BCUT2D eigenvalue weighted by Gasteiger charge is 2.21. The van der Waals surface area contributed by atoms with Crippen LogP contribution in [-0.2, 0) is 9.47 Å². The summed E-state index contributed by atoms with van der Waals surface area (Å²) in [6.07, 6.45) is -1.30. The molecule has 0 radical (unpaired) electrons. The van der Waals surface area contributed by atoms with Gasteiger partial charge in [0.1, 0.15) is 36.9 Å². The maximum Gasteiger partial charge on any atom is 0.337 e. The Morgan fingerprint density at radius 2 is 1.03 bits per heavy atom. The van der Waals surface area contributed by atoms with Crippen LogP contribution in [0.4, 0.5) is 0 Å². The third kappa shape index (κ3) is 8.49. The lowest BCUT2D eigenvalue weighted by molar-refractivity contribution is 0.0240. The molecule has 1 heterocycles. The number of methoxy groups -OCH3 is 2. The zero-order valence-electron chi connectivity index (χ0n) is 20.7. The van der Waals surface area contributed by atoms with E-state index in [4.69, 9.17) is 9.47 Å². The van der Waals surface area contributed by atoms with Crippen molar-refractivity contribution < 1.29 is 38.7 Å². The first-order valence-corrected chi connectivity index (χ1v) is 11.8. The molecule has 0 aliphatic carbocycles. The fourth-order valence-electron chi connectivity index (χ4n) is 3.85. The minimum atomic E-state index is -0.651. The zero-order chi connectivity index (χ0) is 25.9. The highest BCUT2D eigenvalue weighted by Crippen LogP contribution is 2.15. The number of ether oxygens (including phenoxy) is 4. The highest BCUT2D eigenvalue weighted by molar-refractivity contribution is 5.89. The summed E-state index contributed by atoms with van der Waals surface area (Å²) in [7, 11) is 2.66. The Morgan fingerprint density at radius 1 is 0.694 bits per heavy atom. The summed E-state index contributed by atoms with van der Waals surface area (Å²) < 4.78 is 20.6. The number of esters is 2. The minimum absolute atomic E-state index is 0.147. The number of aliphatic hydroxyl groups excluding tert-OH is 2. The van der Waals surface area contributed by atoms with Crippen molar-refractivity contribution in [1.29, 1.82) is 0 Å². The van der Waals surface area contributed by atoms with Crippen molar-refractivity contribution in [2.75, 3.05) is 66.7 Å². The van der Waals surface area contributed by atoms with Crippen LogP contribution in [0.5, 0.6) is 11.5 Å². The summed E-state index contributed by atoms with van der Waals surface area (Å²) in [6.45, 7) is 4.35. The fourth-order valence-corrected chi connectivity index (χ4v) is 3.85. The third-order valence-electron chi connectivity index (χ3n) is 5.84. The van der Waals surface area contributed by atoms with Crippen LogP contribution in [0.2, 0.25) is 0 Å². The summed E-state index contributed by atoms with van der Waals surface area (Å²) >= 11 is 0. The molecule has 1 fully saturated rings. The van der Waals surface area contributed by atoms with Crippen molar-refractivity contribution in [2.45, 2.75) is 12.2 Å². The molecule has 0 aromatic heterocycles. The van der Waals surface area contributed by atoms with E-state index < -0.39 is 24.1 Å². The van der Waals surface area contributed by atoms with E-state index in [1.165, 1.54) is 14.2 Å². The molecule has 2 N–H and O–H groups in total. The molecule has 196 valence electrons. The van der Waals surface area contributed by atoms with Crippen molar-refractivity contribution in [1.82, 2.24) is 9.80 Å². The van der Waals surface area contributed by atoms with Crippen molar-refractivity contribution in [3.8, 4) is 11.5 Å². The molecule has 10 nitrogen and oxygen atoms in total. The molecule has 0 spiro atoms. The smallest absolute Gasteiger partial charge is 0.337 e. The average Bonchev–Trinajstić information content (AvgIpc) is 2.91. The molecular formula is C26H34N2O8. The molecule has 2 aromatic carbocycles. The van der Waals surface area contributed by atoms with Crippen LogP contribution in [0.15, 0.2) is 48.5 Å². The van der Waals surface area contributed by atoms with E-state index in [0.717, 1.165) is 26.2 Å². The second-order valence-corrected chi connectivity index (χ2v) is 8.56. The quantitative estimate of drug-likeness (QED) is 0.408. The number of nitrogens with zero attached hydrogens (tertiary/aromatic N) is 2. The van der Waals surface area contributed by atoms with Gasteiger partial charge < -0.3 is 29.2 Å². The number of rotatable bonds is 12. The number of piperazine rings is 1. The molecular weight excluding hydrogens is 468 g/mol. The topological polar surface area (TPSA) is 118 Å². The van der Waals surface area contributed by atoms with Gasteiger partial charge >= 0.3 is 11.9 Å². The molecule has 0 amide bonds. The van der Waals surface area contributed by atoms with E-state index in [1.54, 1.807) is 48.5 Å². The monoisotopic (exact) mass is 502 g/mol. The van der Waals surface area contributed by atoms with Crippen LogP contribution in [0.25, 0.3) is 0 Å². The van der Waals surface area contributed by atoms with E-state index in [9.17, 15) is 19.8 Å². The first-order valence-electron chi connectivity index (χ1n) is 11.8. The Morgan fingerprint density at radius 3 is 1.33 bits per heavy atom. The molecule has 0 unspecified atom stereocenters. The lowest BCUT2D eigenvalue weighted by atomic mass is 10.2. The molecule has 10 heteroatoms. The van der Waals surface area contributed by atoms with Gasteiger partial charge in [0.2, 0.25) is 0 Å². The van der Waals surface area contributed by atoms with Gasteiger partial charge in [-0.15, -0.1) is 0 Å². The van der Waals surface area contributed by atoms with Crippen LogP contribution in [0.3, 0.4) is 0 Å². The molecule has 3 rings (SSSR count). The van der Waals surface area contributed by atoms with Gasteiger partial charge in [-0.25, -0.2) is 9.59 Å². The first-order chi connectivity index (χ1) is 17.4. The number of β-amino-alcohol motifs (C(OH)–C–C–N with tert-alkyl or cyclic N) is 2. The van der Waals surface area contributed by atoms with Gasteiger partial charge in [-0.05, 0) is 48.5 Å². The van der Waals surface area contributed by atoms with Gasteiger partial charge in [0.15, 0.2) is 0 Å². The summed E-state index contributed by atoms with van der Waals surface area (Å²) in [5, 5.41) is 20.7. The van der Waals surface area contributed by atoms with Gasteiger partial charge in [-0.1, -0.05) is 0 Å². The normalized spacial score (nSPS) is 16.1. The number of hydrogen-bond acceptors (Lipinski definition) is 10. The summed E-state index contributed by atoms with van der Waals surface area (Å²) in [6, 6.07) is 13.2. The molecule has 1 aliphatic rings. The van der Waals surface area contributed by atoms with Crippen LogP contribution >= 0.6 is 0 Å². The van der Waals surface area contributed by atoms with Crippen LogP contribution in [-0.4, -0.2) is 111 Å². The van der Waals surface area contributed by atoms with E-state index in [1.807, 2.05) is 0 Å². The lowest BCUT2D eigenvalue weighted by Crippen LogP contribution is -2.51. The van der Waals surface area contributed by atoms with Crippen molar-refractivity contribution in [3.63, 3.8) is 0 Å². The summed E-state index contributed by atoms with van der Waals surface area (Å²) in [5.41, 5.74) is 0.878. The highest BCUT2D eigenvalue weighted by atomic mass is 16.5. The van der Waals surface area contributed by atoms with Crippen LogP contribution in [0.1, 0.15) is 20.7 Å². The summed E-state index contributed by atoms with van der Waals surface area (Å²) in [5.74, 6) is 0.323. The van der Waals surface area contributed by atoms with Crippen molar-refractivity contribution >= 4 is 11.9 Å². The second-order valence-electron chi connectivity index (χ2n) is 8.56. The van der Waals surface area contributed by atoms with E-state index in [2.05, 4.69) is 19.3 Å². The standard InChI is InChI=1S/C26H34N2O8/c1-33-25(31)19-3-7-23(8-4-19)35-17-21(29)15-27-11-13-28(14-12-27)16-22(30)18-36-24-9-5-20(6-10-24)26(32)34-2/h3-10,21-22,29-30H,11-18H2,1-2H3/t21-,22-/m0/s1. The Kier molecular flexibility index (Phi) is 10.5.